The van der Waals surface area contributed by atoms with E-state index in [1.807, 2.05) is 6.92 Å². The zero-order chi connectivity index (χ0) is 38.4. The minimum atomic E-state index is -0.115. The summed E-state index contributed by atoms with van der Waals surface area (Å²) in [7, 11) is 0. The zero-order valence-corrected chi connectivity index (χ0v) is 34.7. The van der Waals surface area contributed by atoms with Crippen molar-refractivity contribution in [1.82, 2.24) is 0 Å². The fraction of sp³-hybridized carbons (Fsp3) is 0.976. The van der Waals surface area contributed by atoms with Gasteiger partial charge in [0.05, 0.1) is 118 Å². The van der Waals surface area contributed by atoms with E-state index in [0.29, 0.717) is 112 Å². The minimum Gasteiger partial charge on any atom is -0.463 e. The molecule has 0 bridgehead atoms. The standard InChI is InChI=1S/C42H84O11/c1-4-7-9-10-11-12-13-14-15-16-17-18-19-20-22-44-23-24-45-25-26-46-27-28-47-29-30-48-31-32-49-33-34-50-35-36-51-37-38-52-39-40-53-42(43)41(6-3)21-8-5-2/h41H,4-40H2,1-3H3. The van der Waals surface area contributed by atoms with Gasteiger partial charge in [-0.15, -0.1) is 0 Å². The van der Waals surface area contributed by atoms with Crippen molar-refractivity contribution >= 4 is 5.97 Å². The lowest BCUT2D eigenvalue weighted by molar-refractivity contribution is -0.150. The van der Waals surface area contributed by atoms with Gasteiger partial charge in [0.2, 0.25) is 0 Å². The Morgan fingerprint density at radius 2 is 0.585 bits per heavy atom. The van der Waals surface area contributed by atoms with Crippen LogP contribution in [-0.4, -0.2) is 132 Å². The van der Waals surface area contributed by atoms with E-state index < -0.39 is 0 Å². The van der Waals surface area contributed by atoms with Crippen molar-refractivity contribution in [1.29, 1.82) is 0 Å². The molecule has 0 aliphatic rings. The number of rotatable bonds is 47. The molecule has 11 nitrogen and oxygen atoms in total. The molecule has 0 aliphatic carbocycles. The molecule has 1 unspecified atom stereocenters. The second-order valence-corrected chi connectivity index (χ2v) is 13.5. The lowest BCUT2D eigenvalue weighted by Gasteiger charge is -2.13. The topological polar surface area (TPSA) is 109 Å². The molecule has 0 aromatic rings. The Morgan fingerprint density at radius 1 is 0.321 bits per heavy atom. The van der Waals surface area contributed by atoms with E-state index in [0.717, 1.165) is 38.7 Å². The third-order valence-corrected chi connectivity index (χ3v) is 8.82. The first-order chi connectivity index (χ1) is 26.3. The first-order valence-corrected chi connectivity index (χ1v) is 21.6. The van der Waals surface area contributed by atoms with Gasteiger partial charge in [0.15, 0.2) is 0 Å². The van der Waals surface area contributed by atoms with Crippen molar-refractivity contribution in [2.24, 2.45) is 5.92 Å². The van der Waals surface area contributed by atoms with Gasteiger partial charge in [-0.25, -0.2) is 0 Å². The van der Waals surface area contributed by atoms with Crippen molar-refractivity contribution in [2.45, 2.75) is 136 Å². The van der Waals surface area contributed by atoms with Gasteiger partial charge >= 0.3 is 5.97 Å². The van der Waals surface area contributed by atoms with E-state index in [4.69, 9.17) is 47.4 Å². The second kappa shape index (κ2) is 47.3. The fourth-order valence-electron chi connectivity index (χ4n) is 5.52. The summed E-state index contributed by atoms with van der Waals surface area (Å²) in [6.45, 7) is 16.4. The SMILES string of the molecule is CCCCCCCCCCCCCCCCOCCOCCOCCOCCOCCOCCOCCOCCOCCOC(=O)C(CC)CCCC. The summed E-state index contributed by atoms with van der Waals surface area (Å²) in [5, 5.41) is 0. The number of ether oxygens (including phenoxy) is 10. The van der Waals surface area contributed by atoms with Gasteiger partial charge in [0.25, 0.3) is 0 Å². The first kappa shape index (κ1) is 52.1. The lowest BCUT2D eigenvalue weighted by Crippen LogP contribution is -2.20. The number of hydrogen-bond donors (Lipinski definition) is 0. The molecule has 0 aliphatic heterocycles. The summed E-state index contributed by atoms with van der Waals surface area (Å²) < 4.78 is 55.1. The van der Waals surface area contributed by atoms with Gasteiger partial charge < -0.3 is 47.4 Å². The van der Waals surface area contributed by atoms with E-state index in [-0.39, 0.29) is 18.5 Å². The zero-order valence-electron chi connectivity index (χ0n) is 34.7. The quantitative estimate of drug-likeness (QED) is 0.0441. The highest BCUT2D eigenvalue weighted by Gasteiger charge is 2.17. The Labute approximate surface area is 325 Å². The van der Waals surface area contributed by atoms with Crippen LogP contribution in [0.25, 0.3) is 0 Å². The molecule has 0 saturated carbocycles. The molecule has 0 heterocycles. The molecule has 0 saturated heterocycles. The van der Waals surface area contributed by atoms with Crippen LogP contribution in [0.3, 0.4) is 0 Å². The second-order valence-electron chi connectivity index (χ2n) is 13.5. The lowest BCUT2D eigenvalue weighted by atomic mass is 10.00. The van der Waals surface area contributed by atoms with E-state index in [1.54, 1.807) is 0 Å². The molecule has 53 heavy (non-hydrogen) atoms. The predicted octanol–water partition coefficient (Wildman–Crippen LogP) is 8.38. The molecule has 318 valence electrons. The normalized spacial score (nSPS) is 12.1. The van der Waals surface area contributed by atoms with Crippen molar-refractivity contribution < 1.29 is 52.2 Å². The van der Waals surface area contributed by atoms with Gasteiger partial charge in [-0.05, 0) is 19.3 Å². The Hall–Kier alpha value is -0.890. The van der Waals surface area contributed by atoms with Crippen LogP contribution in [0.1, 0.15) is 136 Å². The van der Waals surface area contributed by atoms with Crippen molar-refractivity contribution in [2.75, 3.05) is 126 Å². The Bertz CT molecular complexity index is 685. The molecule has 1 atom stereocenters. The summed E-state index contributed by atoms with van der Waals surface area (Å²) in [6, 6.07) is 0. The molecular weight excluding hydrogens is 680 g/mol. The van der Waals surface area contributed by atoms with Crippen molar-refractivity contribution in [3.63, 3.8) is 0 Å². The third kappa shape index (κ3) is 43.7. The minimum absolute atomic E-state index is 0.000494. The molecule has 11 heteroatoms. The smallest absolute Gasteiger partial charge is 0.308 e. The maximum Gasteiger partial charge on any atom is 0.308 e. The summed E-state index contributed by atoms with van der Waals surface area (Å²) >= 11 is 0. The van der Waals surface area contributed by atoms with Crippen molar-refractivity contribution in [3.8, 4) is 0 Å². The monoisotopic (exact) mass is 765 g/mol. The Morgan fingerprint density at radius 3 is 0.887 bits per heavy atom. The van der Waals surface area contributed by atoms with Gasteiger partial charge in [-0.3, -0.25) is 4.79 Å². The maximum atomic E-state index is 12.0. The van der Waals surface area contributed by atoms with Gasteiger partial charge in [-0.2, -0.15) is 0 Å². The highest BCUT2D eigenvalue weighted by molar-refractivity contribution is 5.72. The molecule has 0 fully saturated rings. The molecule has 0 N–H and O–H groups in total. The molecule has 0 aromatic carbocycles. The van der Waals surface area contributed by atoms with Crippen LogP contribution in [0.4, 0.5) is 0 Å². The fourth-order valence-corrected chi connectivity index (χ4v) is 5.52. The molecule has 0 spiro atoms. The van der Waals surface area contributed by atoms with Crippen LogP contribution >= 0.6 is 0 Å². The molecule has 0 radical (unpaired) electrons. The molecular formula is C42H84O11. The average Bonchev–Trinajstić information content (AvgIpc) is 3.17. The van der Waals surface area contributed by atoms with E-state index in [2.05, 4.69) is 13.8 Å². The summed E-state index contributed by atoms with van der Waals surface area (Å²) in [6.07, 6.45) is 23.1. The van der Waals surface area contributed by atoms with Crippen LogP contribution in [-0.2, 0) is 52.2 Å². The summed E-state index contributed by atoms with van der Waals surface area (Å²) in [4.78, 5) is 12.0. The largest absolute Gasteiger partial charge is 0.463 e. The van der Waals surface area contributed by atoms with Crippen LogP contribution in [0.15, 0.2) is 0 Å². The average molecular weight is 765 g/mol. The number of esters is 1. The number of hydrogen-bond acceptors (Lipinski definition) is 11. The molecule has 0 rings (SSSR count). The van der Waals surface area contributed by atoms with E-state index in [9.17, 15) is 4.79 Å². The van der Waals surface area contributed by atoms with Gasteiger partial charge in [0.1, 0.15) is 6.61 Å². The highest BCUT2D eigenvalue weighted by Crippen LogP contribution is 2.15. The maximum absolute atomic E-state index is 12.0. The van der Waals surface area contributed by atoms with E-state index in [1.165, 1.54) is 83.5 Å². The first-order valence-electron chi connectivity index (χ1n) is 21.6. The third-order valence-electron chi connectivity index (χ3n) is 8.82. The van der Waals surface area contributed by atoms with E-state index >= 15 is 0 Å². The van der Waals surface area contributed by atoms with Crippen molar-refractivity contribution in [3.05, 3.63) is 0 Å². The number of carbonyl (C=O) groups excluding carboxylic acids is 1. The predicted molar refractivity (Wildman–Crippen MR) is 212 cm³/mol. The Balaban J connectivity index is 3.12. The van der Waals surface area contributed by atoms with Crippen LogP contribution < -0.4 is 0 Å². The molecule has 0 amide bonds. The summed E-state index contributed by atoms with van der Waals surface area (Å²) in [5.41, 5.74) is 0. The highest BCUT2D eigenvalue weighted by atomic mass is 16.6. The van der Waals surface area contributed by atoms with Gasteiger partial charge in [0, 0.05) is 6.61 Å². The number of unbranched alkanes of at least 4 members (excludes halogenated alkanes) is 14. The summed E-state index contributed by atoms with van der Waals surface area (Å²) in [5.74, 6) is -0.114. The van der Waals surface area contributed by atoms with Crippen LogP contribution in [0, 0.1) is 5.92 Å². The van der Waals surface area contributed by atoms with Crippen LogP contribution in [0.5, 0.6) is 0 Å². The van der Waals surface area contributed by atoms with Crippen LogP contribution in [0.2, 0.25) is 0 Å². The number of carbonyl (C=O) groups is 1. The Kier molecular flexibility index (Phi) is 46.5. The van der Waals surface area contributed by atoms with Gasteiger partial charge in [-0.1, -0.05) is 117 Å². The molecule has 0 aromatic heterocycles.